The SMILES string of the molecule is CCN[C@H](C)CNC(=O)c1ccccc1-c1nc(C(C)(C)C)no1.Cl. The second-order valence-electron chi connectivity index (χ2n) is 6.89. The lowest BCUT2D eigenvalue weighted by atomic mass is 9.96. The minimum atomic E-state index is -0.208. The molecule has 0 aliphatic heterocycles. The molecule has 1 heterocycles. The Morgan fingerprint density at radius 1 is 1.28 bits per heavy atom. The van der Waals surface area contributed by atoms with Gasteiger partial charge >= 0.3 is 0 Å². The number of likely N-dealkylation sites (N-methyl/N-ethyl adjacent to an activating group) is 1. The van der Waals surface area contributed by atoms with Gasteiger partial charge in [0, 0.05) is 18.0 Å². The van der Waals surface area contributed by atoms with E-state index in [1.807, 2.05) is 52.8 Å². The summed E-state index contributed by atoms with van der Waals surface area (Å²) in [4.78, 5) is 17.0. The average molecular weight is 367 g/mol. The van der Waals surface area contributed by atoms with E-state index < -0.39 is 0 Å². The third kappa shape index (κ3) is 5.54. The minimum Gasteiger partial charge on any atom is -0.350 e. The quantitative estimate of drug-likeness (QED) is 0.820. The molecule has 2 rings (SSSR count). The van der Waals surface area contributed by atoms with Crippen molar-refractivity contribution in [2.24, 2.45) is 0 Å². The van der Waals surface area contributed by atoms with E-state index >= 15 is 0 Å². The molecule has 0 spiro atoms. The molecule has 2 N–H and O–H groups in total. The Morgan fingerprint density at radius 2 is 1.96 bits per heavy atom. The number of hydrogen-bond donors (Lipinski definition) is 2. The van der Waals surface area contributed by atoms with Gasteiger partial charge in [-0.2, -0.15) is 4.98 Å². The van der Waals surface area contributed by atoms with Crippen LogP contribution in [0.1, 0.15) is 50.8 Å². The first kappa shape index (κ1) is 21.1. The van der Waals surface area contributed by atoms with Crippen LogP contribution in [0, 0.1) is 0 Å². The Labute approximate surface area is 155 Å². The van der Waals surface area contributed by atoms with E-state index in [0.717, 1.165) is 6.54 Å². The van der Waals surface area contributed by atoms with Crippen LogP contribution >= 0.6 is 12.4 Å². The van der Waals surface area contributed by atoms with Crippen molar-refractivity contribution < 1.29 is 9.32 Å². The Balaban J connectivity index is 0.00000312. The number of nitrogens with one attached hydrogen (secondary N) is 2. The van der Waals surface area contributed by atoms with E-state index in [-0.39, 0.29) is 29.8 Å². The zero-order valence-electron chi connectivity index (χ0n) is 15.4. The molecule has 25 heavy (non-hydrogen) atoms. The topological polar surface area (TPSA) is 80.0 Å². The number of halogens is 1. The maximum atomic E-state index is 12.5. The monoisotopic (exact) mass is 366 g/mol. The first-order chi connectivity index (χ1) is 11.3. The number of hydrogen-bond acceptors (Lipinski definition) is 5. The van der Waals surface area contributed by atoms with Crippen molar-refractivity contribution in [3.8, 4) is 11.5 Å². The summed E-state index contributed by atoms with van der Waals surface area (Å²) < 4.78 is 5.38. The van der Waals surface area contributed by atoms with E-state index in [4.69, 9.17) is 4.52 Å². The molecule has 0 saturated carbocycles. The van der Waals surface area contributed by atoms with Crippen molar-refractivity contribution in [3.05, 3.63) is 35.7 Å². The molecule has 6 nitrogen and oxygen atoms in total. The summed E-state index contributed by atoms with van der Waals surface area (Å²) in [7, 11) is 0. The average Bonchev–Trinajstić information content (AvgIpc) is 3.03. The van der Waals surface area contributed by atoms with Gasteiger partial charge in [-0.15, -0.1) is 12.4 Å². The van der Waals surface area contributed by atoms with Gasteiger partial charge in [0.1, 0.15) is 0 Å². The molecular formula is C18H27ClN4O2. The number of rotatable bonds is 6. The summed E-state index contributed by atoms with van der Waals surface area (Å²) in [5.74, 6) is 0.838. The fourth-order valence-electron chi connectivity index (χ4n) is 2.27. The van der Waals surface area contributed by atoms with Gasteiger partial charge in [-0.1, -0.05) is 45.0 Å². The van der Waals surface area contributed by atoms with Gasteiger partial charge < -0.3 is 15.2 Å². The van der Waals surface area contributed by atoms with Gasteiger partial charge in [0.25, 0.3) is 11.8 Å². The zero-order valence-corrected chi connectivity index (χ0v) is 16.2. The highest BCUT2D eigenvalue weighted by Gasteiger charge is 2.23. The second-order valence-corrected chi connectivity index (χ2v) is 6.89. The molecule has 0 saturated heterocycles. The highest BCUT2D eigenvalue weighted by atomic mass is 35.5. The predicted molar refractivity (Wildman–Crippen MR) is 101 cm³/mol. The van der Waals surface area contributed by atoms with Crippen molar-refractivity contribution in [2.45, 2.75) is 46.1 Å². The molecule has 0 bridgehead atoms. The molecule has 2 aromatic rings. The maximum absolute atomic E-state index is 12.5. The summed E-state index contributed by atoms with van der Waals surface area (Å²) >= 11 is 0. The van der Waals surface area contributed by atoms with Crippen molar-refractivity contribution in [2.75, 3.05) is 13.1 Å². The zero-order chi connectivity index (χ0) is 17.7. The number of carbonyl (C=O) groups excluding carboxylic acids is 1. The van der Waals surface area contributed by atoms with E-state index in [9.17, 15) is 4.79 Å². The second kappa shape index (κ2) is 8.97. The Morgan fingerprint density at radius 3 is 2.56 bits per heavy atom. The van der Waals surface area contributed by atoms with Gasteiger partial charge in [0.2, 0.25) is 0 Å². The van der Waals surface area contributed by atoms with Crippen LogP contribution < -0.4 is 10.6 Å². The molecule has 7 heteroatoms. The smallest absolute Gasteiger partial charge is 0.258 e. The lowest BCUT2D eigenvalue weighted by molar-refractivity contribution is 0.0950. The van der Waals surface area contributed by atoms with Crippen LogP contribution in [0.5, 0.6) is 0 Å². The molecule has 1 atom stereocenters. The Bertz CT molecular complexity index is 694. The maximum Gasteiger partial charge on any atom is 0.258 e. The normalized spacial score (nSPS) is 12.4. The fourth-order valence-corrected chi connectivity index (χ4v) is 2.27. The number of benzene rings is 1. The largest absolute Gasteiger partial charge is 0.350 e. The van der Waals surface area contributed by atoms with Crippen molar-refractivity contribution in [1.29, 1.82) is 0 Å². The van der Waals surface area contributed by atoms with Crippen LogP contribution in [-0.4, -0.2) is 35.2 Å². The Kier molecular flexibility index (Phi) is 7.58. The molecule has 1 aromatic heterocycles. The Hall–Kier alpha value is -1.92. The van der Waals surface area contributed by atoms with Crippen molar-refractivity contribution in [1.82, 2.24) is 20.8 Å². The number of carbonyl (C=O) groups is 1. The van der Waals surface area contributed by atoms with E-state index in [0.29, 0.717) is 29.4 Å². The van der Waals surface area contributed by atoms with Gasteiger partial charge in [-0.25, -0.2) is 0 Å². The first-order valence-electron chi connectivity index (χ1n) is 8.28. The molecule has 0 fully saturated rings. The molecule has 0 aliphatic carbocycles. The highest BCUT2D eigenvalue weighted by Crippen LogP contribution is 2.26. The summed E-state index contributed by atoms with van der Waals surface area (Å²) in [5, 5.41) is 10.2. The van der Waals surface area contributed by atoms with Gasteiger partial charge in [-0.3, -0.25) is 4.79 Å². The van der Waals surface area contributed by atoms with Crippen LogP contribution in [-0.2, 0) is 5.41 Å². The van der Waals surface area contributed by atoms with Crippen LogP contribution in [0.2, 0.25) is 0 Å². The predicted octanol–water partition coefficient (Wildman–Crippen LogP) is 3.18. The van der Waals surface area contributed by atoms with Crippen LogP contribution in [0.15, 0.2) is 28.8 Å². The fraction of sp³-hybridized carbons (Fsp3) is 0.500. The lowest BCUT2D eigenvalue weighted by Crippen LogP contribution is -2.38. The molecule has 0 unspecified atom stereocenters. The molecule has 0 radical (unpaired) electrons. The van der Waals surface area contributed by atoms with E-state index in [1.165, 1.54) is 0 Å². The van der Waals surface area contributed by atoms with Crippen LogP contribution in [0.3, 0.4) is 0 Å². The third-order valence-electron chi connectivity index (χ3n) is 3.62. The van der Waals surface area contributed by atoms with Gasteiger partial charge in [-0.05, 0) is 25.6 Å². The summed E-state index contributed by atoms with van der Waals surface area (Å²) in [6, 6.07) is 7.48. The van der Waals surface area contributed by atoms with Gasteiger partial charge in [0.05, 0.1) is 11.1 Å². The molecule has 0 aliphatic rings. The molecular weight excluding hydrogens is 340 g/mol. The van der Waals surface area contributed by atoms with Crippen LogP contribution in [0.4, 0.5) is 0 Å². The highest BCUT2D eigenvalue weighted by molar-refractivity contribution is 5.99. The molecule has 1 aromatic carbocycles. The first-order valence-corrected chi connectivity index (χ1v) is 8.28. The van der Waals surface area contributed by atoms with Crippen molar-refractivity contribution in [3.63, 3.8) is 0 Å². The van der Waals surface area contributed by atoms with Gasteiger partial charge in [0.15, 0.2) is 5.82 Å². The number of nitrogens with zero attached hydrogens (tertiary/aromatic N) is 2. The summed E-state index contributed by atoms with van der Waals surface area (Å²) in [5.41, 5.74) is 0.972. The molecule has 138 valence electrons. The minimum absolute atomic E-state index is 0. The van der Waals surface area contributed by atoms with Crippen molar-refractivity contribution >= 4 is 18.3 Å². The standard InChI is InChI=1S/C18H26N4O2.ClH/c1-6-19-12(2)11-20-15(23)13-9-7-8-10-14(13)16-21-17(22-24-16)18(3,4)5;/h7-10,12,19H,6,11H2,1-5H3,(H,20,23);1H/t12-;/m1./s1. The summed E-state index contributed by atoms with van der Waals surface area (Å²) in [6.45, 7) is 11.5. The summed E-state index contributed by atoms with van der Waals surface area (Å²) in [6.07, 6.45) is 0. The van der Waals surface area contributed by atoms with Crippen LogP contribution in [0.25, 0.3) is 11.5 Å². The lowest BCUT2D eigenvalue weighted by Gasteiger charge is -2.14. The number of amides is 1. The third-order valence-corrected chi connectivity index (χ3v) is 3.62. The molecule has 1 amide bonds. The van der Waals surface area contributed by atoms with E-state index in [1.54, 1.807) is 6.07 Å². The number of aromatic nitrogens is 2. The van der Waals surface area contributed by atoms with E-state index in [2.05, 4.69) is 20.8 Å².